The van der Waals surface area contributed by atoms with E-state index in [1.54, 1.807) is 18.2 Å². The summed E-state index contributed by atoms with van der Waals surface area (Å²) in [7, 11) is 0. The summed E-state index contributed by atoms with van der Waals surface area (Å²) < 4.78 is 13.0. The minimum Gasteiger partial charge on any atom is -0.480 e. The van der Waals surface area contributed by atoms with Crippen molar-refractivity contribution in [1.82, 2.24) is 10.3 Å². The van der Waals surface area contributed by atoms with Crippen LogP contribution in [-0.4, -0.2) is 28.5 Å². The Balaban J connectivity index is 2.11. The minimum atomic E-state index is -1.11. The molecule has 1 aromatic heterocycles. The number of aromatic nitrogens is 1. The van der Waals surface area contributed by atoms with Crippen LogP contribution in [0.25, 0.3) is 17.0 Å². The second-order valence-corrected chi connectivity index (χ2v) is 4.02. The molecule has 0 bridgehead atoms. The van der Waals surface area contributed by atoms with E-state index in [0.29, 0.717) is 16.6 Å². The van der Waals surface area contributed by atoms with Gasteiger partial charge in [0.25, 0.3) is 0 Å². The lowest BCUT2D eigenvalue weighted by molar-refractivity contribution is -0.137. The fraction of sp³-hybridized carbons (Fsp3) is 0.0714. The average Bonchev–Trinajstić information content (AvgIpc) is 2.42. The molecule has 0 saturated heterocycles. The molecule has 0 aliphatic heterocycles. The van der Waals surface area contributed by atoms with Crippen LogP contribution < -0.4 is 5.32 Å². The van der Waals surface area contributed by atoms with Crippen LogP contribution in [0.5, 0.6) is 0 Å². The minimum absolute atomic E-state index is 0.337. The van der Waals surface area contributed by atoms with Gasteiger partial charge in [0.2, 0.25) is 5.91 Å². The molecule has 0 aliphatic rings. The predicted molar refractivity (Wildman–Crippen MR) is 71.4 cm³/mol. The van der Waals surface area contributed by atoms with Gasteiger partial charge < -0.3 is 10.4 Å². The second kappa shape index (κ2) is 5.92. The molecule has 2 N–H and O–H groups in total. The molecule has 2 rings (SSSR count). The maximum Gasteiger partial charge on any atom is 0.322 e. The molecule has 0 aliphatic carbocycles. The fourth-order valence-corrected chi connectivity index (χ4v) is 1.59. The molecule has 102 valence electrons. The highest BCUT2D eigenvalue weighted by molar-refractivity contribution is 5.93. The van der Waals surface area contributed by atoms with E-state index >= 15 is 0 Å². The first-order valence-corrected chi connectivity index (χ1v) is 5.78. The first-order chi connectivity index (χ1) is 9.54. The molecule has 0 atom stereocenters. The van der Waals surface area contributed by atoms with Crippen LogP contribution in [0.3, 0.4) is 0 Å². The van der Waals surface area contributed by atoms with Crippen molar-refractivity contribution in [3.05, 3.63) is 47.9 Å². The van der Waals surface area contributed by atoms with Gasteiger partial charge in [0.05, 0.1) is 11.2 Å². The smallest absolute Gasteiger partial charge is 0.322 e. The van der Waals surface area contributed by atoms with Gasteiger partial charge in [-0.1, -0.05) is 6.07 Å². The summed E-state index contributed by atoms with van der Waals surface area (Å²) in [5.74, 6) is -1.97. The molecule has 0 radical (unpaired) electrons. The van der Waals surface area contributed by atoms with Crippen molar-refractivity contribution in [2.75, 3.05) is 6.54 Å². The molecule has 1 amide bonds. The Morgan fingerprint density at radius 1 is 1.30 bits per heavy atom. The number of halogens is 1. The maximum atomic E-state index is 13.0. The van der Waals surface area contributed by atoms with Crippen molar-refractivity contribution in [2.24, 2.45) is 0 Å². The third kappa shape index (κ3) is 3.61. The quantitative estimate of drug-likeness (QED) is 0.830. The van der Waals surface area contributed by atoms with Crippen molar-refractivity contribution in [1.29, 1.82) is 0 Å². The zero-order valence-corrected chi connectivity index (χ0v) is 10.3. The van der Waals surface area contributed by atoms with Crippen molar-refractivity contribution >= 4 is 28.9 Å². The van der Waals surface area contributed by atoms with Crippen molar-refractivity contribution in [3.8, 4) is 0 Å². The van der Waals surface area contributed by atoms with E-state index in [9.17, 15) is 14.0 Å². The normalized spacial score (nSPS) is 10.8. The Kier molecular flexibility index (Phi) is 4.05. The van der Waals surface area contributed by atoms with Gasteiger partial charge in [-0.05, 0) is 30.3 Å². The molecule has 0 saturated carbocycles. The standard InChI is InChI=1S/C14H11FN2O3/c15-10-2-5-12-9(7-10)1-3-11(17-12)4-6-13(18)16-8-14(19)20/h1-7H,8H2,(H,16,18)(H,19,20)/b6-4+. The third-order valence-electron chi connectivity index (χ3n) is 2.49. The summed E-state index contributed by atoms with van der Waals surface area (Å²) in [5.41, 5.74) is 1.13. The summed E-state index contributed by atoms with van der Waals surface area (Å²) >= 11 is 0. The number of fused-ring (bicyclic) bond motifs is 1. The number of aliphatic carboxylic acids is 1. The molecule has 0 fully saturated rings. The SMILES string of the molecule is O=C(O)CNC(=O)/C=C/c1ccc2cc(F)ccc2n1. The van der Waals surface area contributed by atoms with Crippen LogP contribution in [0.1, 0.15) is 5.69 Å². The summed E-state index contributed by atoms with van der Waals surface area (Å²) in [6.45, 7) is -0.437. The fourth-order valence-electron chi connectivity index (χ4n) is 1.59. The van der Waals surface area contributed by atoms with Gasteiger partial charge in [-0.2, -0.15) is 0 Å². The molecule has 2 aromatic rings. The highest BCUT2D eigenvalue weighted by Crippen LogP contribution is 2.14. The number of amides is 1. The number of nitrogens with one attached hydrogen (secondary N) is 1. The number of carboxylic acids is 1. The van der Waals surface area contributed by atoms with Gasteiger partial charge in [0.1, 0.15) is 12.4 Å². The summed E-state index contributed by atoms with van der Waals surface area (Å²) in [6, 6.07) is 7.56. The number of carboxylic acid groups (broad SMARTS) is 1. The number of carbonyl (C=O) groups excluding carboxylic acids is 1. The summed E-state index contributed by atoms with van der Waals surface area (Å²) in [6.07, 6.45) is 2.65. The Morgan fingerprint density at radius 3 is 2.85 bits per heavy atom. The predicted octanol–water partition coefficient (Wildman–Crippen LogP) is 1.59. The van der Waals surface area contributed by atoms with Crippen LogP contribution in [0, 0.1) is 5.82 Å². The summed E-state index contributed by atoms with van der Waals surface area (Å²) in [4.78, 5) is 25.8. The van der Waals surface area contributed by atoms with Crippen LogP contribution in [0.4, 0.5) is 4.39 Å². The Morgan fingerprint density at radius 2 is 2.10 bits per heavy atom. The molecule has 20 heavy (non-hydrogen) atoms. The first-order valence-electron chi connectivity index (χ1n) is 5.78. The van der Waals surface area contributed by atoms with E-state index in [1.807, 2.05) is 0 Å². The highest BCUT2D eigenvalue weighted by Gasteiger charge is 2.01. The number of benzene rings is 1. The Bertz CT molecular complexity index is 698. The van der Waals surface area contributed by atoms with Crippen molar-refractivity contribution in [2.45, 2.75) is 0 Å². The Hall–Kier alpha value is -2.76. The molecule has 1 heterocycles. The number of nitrogens with zero attached hydrogens (tertiary/aromatic N) is 1. The number of pyridine rings is 1. The van der Waals surface area contributed by atoms with E-state index in [1.165, 1.54) is 24.3 Å². The van der Waals surface area contributed by atoms with E-state index in [0.717, 1.165) is 0 Å². The lowest BCUT2D eigenvalue weighted by Gasteiger charge is -1.99. The molecule has 0 unspecified atom stereocenters. The van der Waals surface area contributed by atoms with E-state index in [4.69, 9.17) is 5.11 Å². The molecular formula is C14H11FN2O3. The van der Waals surface area contributed by atoms with Crippen LogP contribution in [0.15, 0.2) is 36.4 Å². The zero-order valence-electron chi connectivity index (χ0n) is 10.3. The molecule has 5 nitrogen and oxygen atoms in total. The third-order valence-corrected chi connectivity index (χ3v) is 2.49. The Labute approximate surface area is 113 Å². The van der Waals surface area contributed by atoms with Crippen LogP contribution in [-0.2, 0) is 9.59 Å². The topological polar surface area (TPSA) is 79.3 Å². The van der Waals surface area contributed by atoms with E-state index in [2.05, 4.69) is 10.3 Å². The van der Waals surface area contributed by atoms with Gasteiger partial charge in [-0.3, -0.25) is 9.59 Å². The van der Waals surface area contributed by atoms with Crippen LogP contribution >= 0.6 is 0 Å². The number of hydrogen-bond acceptors (Lipinski definition) is 3. The lowest BCUT2D eigenvalue weighted by Crippen LogP contribution is -2.27. The largest absolute Gasteiger partial charge is 0.480 e. The number of carbonyl (C=O) groups is 2. The van der Waals surface area contributed by atoms with Crippen molar-refractivity contribution < 1.29 is 19.1 Å². The van der Waals surface area contributed by atoms with Crippen molar-refractivity contribution in [3.63, 3.8) is 0 Å². The van der Waals surface area contributed by atoms with Gasteiger partial charge in [-0.25, -0.2) is 9.37 Å². The second-order valence-electron chi connectivity index (χ2n) is 4.02. The number of hydrogen-bond donors (Lipinski definition) is 2. The van der Waals surface area contributed by atoms with E-state index in [-0.39, 0.29) is 5.82 Å². The van der Waals surface area contributed by atoms with Gasteiger partial charge >= 0.3 is 5.97 Å². The maximum absolute atomic E-state index is 13.0. The zero-order chi connectivity index (χ0) is 14.5. The molecule has 6 heteroatoms. The summed E-state index contributed by atoms with van der Waals surface area (Å²) in [5, 5.41) is 11.3. The van der Waals surface area contributed by atoms with Gasteiger partial charge in [0.15, 0.2) is 0 Å². The monoisotopic (exact) mass is 274 g/mol. The first kappa shape index (κ1) is 13.7. The molecular weight excluding hydrogens is 263 g/mol. The average molecular weight is 274 g/mol. The van der Waals surface area contributed by atoms with Crippen LogP contribution in [0.2, 0.25) is 0 Å². The number of rotatable bonds is 4. The lowest BCUT2D eigenvalue weighted by atomic mass is 10.2. The van der Waals surface area contributed by atoms with E-state index < -0.39 is 18.4 Å². The highest BCUT2D eigenvalue weighted by atomic mass is 19.1. The van der Waals surface area contributed by atoms with Gasteiger partial charge in [-0.15, -0.1) is 0 Å². The molecule has 0 spiro atoms. The molecule has 1 aromatic carbocycles. The van der Waals surface area contributed by atoms with Gasteiger partial charge in [0, 0.05) is 11.5 Å².